The average Bonchev–Trinajstić information content (AvgIpc) is 3.50. The Morgan fingerprint density at radius 1 is 0.667 bits per heavy atom. The van der Waals surface area contributed by atoms with Gasteiger partial charge in [0.05, 0.1) is 11.0 Å². The third kappa shape index (κ3) is 3.76. The van der Waals surface area contributed by atoms with Crippen LogP contribution in [0.5, 0.6) is 0 Å². The van der Waals surface area contributed by atoms with Gasteiger partial charge in [-0.2, -0.15) is 0 Å². The fourth-order valence-corrected chi connectivity index (χ4v) is 6.28. The predicted molar refractivity (Wildman–Crippen MR) is 149 cm³/mol. The van der Waals surface area contributed by atoms with E-state index in [-0.39, 0.29) is 10.8 Å². The van der Waals surface area contributed by atoms with E-state index in [0.717, 1.165) is 6.54 Å². The normalized spacial score (nSPS) is 12.8. The van der Waals surface area contributed by atoms with E-state index in [1.165, 1.54) is 53.8 Å². The third-order valence-electron chi connectivity index (χ3n) is 6.67. The van der Waals surface area contributed by atoms with Crippen LogP contribution in [0.3, 0.4) is 0 Å². The number of benzene rings is 2. The summed E-state index contributed by atoms with van der Waals surface area (Å²) in [5.74, 6) is 0. The van der Waals surface area contributed by atoms with Gasteiger partial charge >= 0.3 is 0 Å². The Labute approximate surface area is 205 Å². The van der Waals surface area contributed by atoms with Gasteiger partial charge in [-0.1, -0.05) is 53.7 Å². The standard InChI is InChI=1S/C30H33NS2/c1-8-31-27-21(15-19(29(2,3)4)17-23(27)25-11-9-13-32-25)22-16-20(30(5,6)7)18-24(28(22)31)26-12-10-14-33-26/h9-18H,8H2,1-7H3. The summed E-state index contributed by atoms with van der Waals surface area (Å²) in [7, 11) is 0. The number of nitrogens with zero attached hydrogens (tertiary/aromatic N) is 1. The maximum Gasteiger partial charge on any atom is 0.0579 e. The van der Waals surface area contributed by atoms with Gasteiger partial charge in [0.25, 0.3) is 0 Å². The molecule has 0 aliphatic heterocycles. The van der Waals surface area contributed by atoms with Crippen molar-refractivity contribution in [2.45, 2.75) is 65.8 Å². The molecule has 0 fully saturated rings. The Kier molecular flexibility index (Phi) is 5.34. The average molecular weight is 472 g/mol. The molecule has 0 N–H and O–H groups in total. The van der Waals surface area contributed by atoms with Gasteiger partial charge in [0.15, 0.2) is 0 Å². The van der Waals surface area contributed by atoms with Gasteiger partial charge in [0.1, 0.15) is 0 Å². The molecule has 0 amide bonds. The van der Waals surface area contributed by atoms with Crippen LogP contribution in [0.25, 0.3) is 42.7 Å². The molecular formula is C30H33NS2. The molecule has 5 aromatic rings. The van der Waals surface area contributed by atoms with E-state index in [1.54, 1.807) is 0 Å². The highest BCUT2D eigenvalue weighted by Crippen LogP contribution is 2.45. The minimum Gasteiger partial charge on any atom is -0.340 e. The number of hydrogen-bond acceptors (Lipinski definition) is 2. The largest absolute Gasteiger partial charge is 0.340 e. The molecule has 0 saturated heterocycles. The number of aryl methyl sites for hydroxylation is 1. The van der Waals surface area contributed by atoms with Crippen LogP contribution in [0.15, 0.2) is 59.3 Å². The first-order valence-corrected chi connectivity index (χ1v) is 13.6. The van der Waals surface area contributed by atoms with E-state index in [2.05, 4.69) is 112 Å². The third-order valence-corrected chi connectivity index (χ3v) is 8.48. The van der Waals surface area contributed by atoms with Gasteiger partial charge in [0, 0.05) is 38.2 Å². The van der Waals surface area contributed by atoms with E-state index >= 15 is 0 Å². The number of hydrogen-bond donors (Lipinski definition) is 0. The Balaban J connectivity index is 2.03. The van der Waals surface area contributed by atoms with Crippen molar-refractivity contribution in [1.82, 2.24) is 4.57 Å². The topological polar surface area (TPSA) is 4.93 Å². The highest BCUT2D eigenvalue weighted by atomic mass is 32.1. The summed E-state index contributed by atoms with van der Waals surface area (Å²) in [5.41, 5.74) is 8.41. The van der Waals surface area contributed by atoms with Crippen LogP contribution in [0.4, 0.5) is 0 Å². The molecule has 0 radical (unpaired) electrons. The van der Waals surface area contributed by atoms with Crippen LogP contribution in [0.2, 0.25) is 0 Å². The first-order chi connectivity index (χ1) is 15.6. The monoisotopic (exact) mass is 471 g/mol. The van der Waals surface area contributed by atoms with Gasteiger partial charge in [0.2, 0.25) is 0 Å². The zero-order chi connectivity index (χ0) is 23.5. The summed E-state index contributed by atoms with van der Waals surface area (Å²) < 4.78 is 2.56. The lowest BCUT2D eigenvalue weighted by Gasteiger charge is -2.21. The van der Waals surface area contributed by atoms with Crippen LogP contribution >= 0.6 is 22.7 Å². The Morgan fingerprint density at radius 3 is 1.39 bits per heavy atom. The van der Waals surface area contributed by atoms with Gasteiger partial charge < -0.3 is 4.57 Å². The molecule has 0 bridgehead atoms. The molecule has 0 spiro atoms. The molecule has 0 aliphatic rings. The Bertz CT molecular complexity index is 1320. The van der Waals surface area contributed by atoms with Crippen molar-refractivity contribution in [2.24, 2.45) is 0 Å². The SMILES string of the molecule is CCn1c2c(-c3cccs3)cc(C(C)(C)C)cc2c2cc(C(C)(C)C)cc(-c3cccs3)c21. The molecule has 0 atom stereocenters. The first kappa shape index (κ1) is 22.4. The molecule has 170 valence electrons. The van der Waals surface area contributed by atoms with E-state index < -0.39 is 0 Å². The predicted octanol–water partition coefficient (Wildman–Crippen LogP) is 9.87. The van der Waals surface area contributed by atoms with Gasteiger partial charge in [-0.15, -0.1) is 22.7 Å². The van der Waals surface area contributed by atoms with Crippen molar-refractivity contribution in [2.75, 3.05) is 0 Å². The van der Waals surface area contributed by atoms with Gasteiger partial charge in [-0.25, -0.2) is 0 Å². The molecule has 33 heavy (non-hydrogen) atoms. The second kappa shape index (κ2) is 7.85. The lowest BCUT2D eigenvalue weighted by atomic mass is 9.83. The zero-order valence-corrected chi connectivity index (χ0v) is 22.4. The highest BCUT2D eigenvalue weighted by Gasteiger charge is 2.25. The smallest absolute Gasteiger partial charge is 0.0579 e. The fraction of sp³-hybridized carbons (Fsp3) is 0.333. The molecule has 3 heterocycles. The maximum atomic E-state index is 2.56. The van der Waals surface area contributed by atoms with Crippen LogP contribution in [-0.4, -0.2) is 4.57 Å². The Morgan fingerprint density at radius 2 is 1.09 bits per heavy atom. The number of aromatic nitrogens is 1. The maximum absolute atomic E-state index is 2.56. The van der Waals surface area contributed by atoms with E-state index in [0.29, 0.717) is 0 Å². The van der Waals surface area contributed by atoms with Crippen molar-refractivity contribution < 1.29 is 0 Å². The molecule has 3 heteroatoms. The summed E-state index contributed by atoms with van der Waals surface area (Å²) in [5, 5.41) is 7.15. The van der Waals surface area contributed by atoms with Crippen molar-refractivity contribution >= 4 is 44.5 Å². The fourth-order valence-electron chi connectivity index (χ4n) is 4.79. The molecule has 3 aromatic heterocycles. The summed E-state index contributed by atoms with van der Waals surface area (Å²) in [6.45, 7) is 17.2. The second-order valence-corrected chi connectivity index (χ2v) is 12.9. The van der Waals surface area contributed by atoms with E-state index in [9.17, 15) is 0 Å². The molecular weight excluding hydrogens is 438 g/mol. The van der Waals surface area contributed by atoms with Crippen LogP contribution in [0, 0.1) is 0 Å². The number of fused-ring (bicyclic) bond motifs is 3. The minimum atomic E-state index is 0.0824. The lowest BCUT2D eigenvalue weighted by Crippen LogP contribution is -2.11. The summed E-state index contributed by atoms with van der Waals surface area (Å²) >= 11 is 3.67. The Hall–Kier alpha value is -2.36. The molecule has 0 saturated carbocycles. The minimum absolute atomic E-state index is 0.0824. The summed E-state index contributed by atoms with van der Waals surface area (Å²) in [4.78, 5) is 2.69. The second-order valence-electron chi connectivity index (χ2n) is 11.0. The van der Waals surface area contributed by atoms with Gasteiger partial charge in [-0.05, 0) is 76.0 Å². The number of rotatable bonds is 3. The molecule has 0 aliphatic carbocycles. The molecule has 0 unspecified atom stereocenters. The van der Waals surface area contributed by atoms with Crippen molar-refractivity contribution in [1.29, 1.82) is 0 Å². The van der Waals surface area contributed by atoms with Crippen LogP contribution in [-0.2, 0) is 17.4 Å². The highest BCUT2D eigenvalue weighted by molar-refractivity contribution is 7.14. The van der Waals surface area contributed by atoms with Crippen LogP contribution in [0.1, 0.15) is 59.6 Å². The van der Waals surface area contributed by atoms with E-state index in [4.69, 9.17) is 0 Å². The van der Waals surface area contributed by atoms with E-state index in [1.807, 2.05) is 22.7 Å². The summed E-state index contributed by atoms with van der Waals surface area (Å²) in [6, 6.07) is 18.7. The van der Waals surface area contributed by atoms with Crippen molar-refractivity contribution in [3.63, 3.8) is 0 Å². The van der Waals surface area contributed by atoms with Crippen molar-refractivity contribution in [3.8, 4) is 20.9 Å². The molecule has 2 aromatic carbocycles. The molecule has 5 rings (SSSR count). The number of thiophene rings is 2. The zero-order valence-electron chi connectivity index (χ0n) is 20.7. The summed E-state index contributed by atoms with van der Waals surface area (Å²) in [6.07, 6.45) is 0. The van der Waals surface area contributed by atoms with Gasteiger partial charge in [-0.3, -0.25) is 0 Å². The lowest BCUT2D eigenvalue weighted by molar-refractivity contribution is 0.590. The quantitative estimate of drug-likeness (QED) is 0.247. The molecule has 1 nitrogen and oxygen atoms in total. The first-order valence-electron chi connectivity index (χ1n) is 11.8. The van der Waals surface area contributed by atoms with Crippen LogP contribution < -0.4 is 0 Å². The van der Waals surface area contributed by atoms with Crippen molar-refractivity contribution in [3.05, 3.63) is 70.4 Å².